The zero-order valence-electron chi connectivity index (χ0n) is 7.70. The number of halogens is 2. The average Bonchev–Trinajstić information content (AvgIpc) is 2.17. The summed E-state index contributed by atoms with van der Waals surface area (Å²) in [6.07, 6.45) is 0.584. The molecule has 0 unspecified atom stereocenters. The van der Waals surface area contributed by atoms with Crippen molar-refractivity contribution in [2.45, 2.75) is 11.3 Å². The minimum absolute atomic E-state index is 0.195. The van der Waals surface area contributed by atoms with E-state index in [-0.39, 0.29) is 10.5 Å². The highest BCUT2D eigenvalue weighted by atomic mass is 79.9. The van der Waals surface area contributed by atoms with Crippen molar-refractivity contribution in [3.8, 4) is 11.8 Å². The molecule has 0 aliphatic rings. The first-order valence-corrected chi connectivity index (χ1v) is 6.64. The molecule has 0 spiro atoms. The van der Waals surface area contributed by atoms with Crippen molar-refractivity contribution in [2.75, 3.05) is 5.33 Å². The molecule has 0 atom stereocenters. The van der Waals surface area contributed by atoms with Crippen LogP contribution in [0.15, 0.2) is 29.2 Å². The predicted octanol–water partition coefficient (Wildman–Crippen LogP) is 2.48. The molecule has 0 bridgehead atoms. The van der Waals surface area contributed by atoms with Gasteiger partial charge in [-0.25, -0.2) is 0 Å². The molecular weight excluding hydrogens is 283 g/mol. The Morgan fingerprint density at radius 2 is 2.00 bits per heavy atom. The normalized spacial score (nSPS) is 10.5. The molecule has 0 saturated carbocycles. The van der Waals surface area contributed by atoms with Crippen LogP contribution in [0.25, 0.3) is 0 Å². The van der Waals surface area contributed by atoms with E-state index >= 15 is 0 Å². The van der Waals surface area contributed by atoms with Gasteiger partial charge in [0.2, 0.25) is 0 Å². The van der Waals surface area contributed by atoms with Crippen molar-refractivity contribution in [3.05, 3.63) is 29.8 Å². The van der Waals surface area contributed by atoms with Crippen LogP contribution in [0.4, 0.5) is 3.89 Å². The molecule has 0 aliphatic carbocycles. The second kappa shape index (κ2) is 5.29. The van der Waals surface area contributed by atoms with Crippen molar-refractivity contribution in [2.24, 2.45) is 0 Å². The summed E-state index contributed by atoms with van der Waals surface area (Å²) in [7, 11) is -4.68. The lowest BCUT2D eigenvalue weighted by molar-refractivity contribution is 0.552. The lowest BCUT2D eigenvalue weighted by atomic mass is 10.2. The minimum atomic E-state index is -4.68. The molecule has 0 N–H and O–H groups in total. The third kappa shape index (κ3) is 3.65. The Bertz CT molecular complexity index is 500. The Labute approximate surface area is 96.8 Å². The van der Waals surface area contributed by atoms with Gasteiger partial charge in [0, 0.05) is 17.3 Å². The van der Waals surface area contributed by atoms with Crippen molar-refractivity contribution >= 4 is 26.2 Å². The topological polar surface area (TPSA) is 34.1 Å². The Morgan fingerprint density at radius 3 is 2.60 bits per heavy atom. The molecule has 0 aromatic heterocycles. The van der Waals surface area contributed by atoms with E-state index in [2.05, 4.69) is 27.8 Å². The predicted molar refractivity (Wildman–Crippen MR) is 60.0 cm³/mol. The van der Waals surface area contributed by atoms with E-state index < -0.39 is 10.2 Å². The molecule has 0 heterocycles. The molecular formula is C10H8BrFO2S. The first-order chi connectivity index (χ1) is 7.05. The van der Waals surface area contributed by atoms with Crippen LogP contribution in [0.1, 0.15) is 12.0 Å². The Balaban J connectivity index is 3.15. The fraction of sp³-hybridized carbons (Fsp3) is 0.200. The smallest absolute Gasteiger partial charge is 0.189 e. The van der Waals surface area contributed by atoms with Crippen LogP contribution in [0.2, 0.25) is 0 Å². The number of hydrogen-bond donors (Lipinski definition) is 0. The summed E-state index contributed by atoms with van der Waals surface area (Å²) in [6.45, 7) is 0. The average molecular weight is 291 g/mol. The highest BCUT2D eigenvalue weighted by Gasteiger charge is 2.14. The van der Waals surface area contributed by atoms with Gasteiger partial charge in [-0.15, -0.1) is 3.89 Å². The number of benzene rings is 1. The van der Waals surface area contributed by atoms with E-state index in [0.717, 1.165) is 0 Å². The van der Waals surface area contributed by atoms with Gasteiger partial charge in [-0.1, -0.05) is 39.9 Å². The summed E-state index contributed by atoms with van der Waals surface area (Å²) in [4.78, 5) is -0.368. The third-order valence-corrected chi connectivity index (χ3v) is 2.87. The van der Waals surface area contributed by atoms with Crippen molar-refractivity contribution in [1.29, 1.82) is 0 Å². The van der Waals surface area contributed by atoms with Gasteiger partial charge in [0.15, 0.2) is 0 Å². The second-order valence-electron chi connectivity index (χ2n) is 2.67. The van der Waals surface area contributed by atoms with Gasteiger partial charge in [-0.05, 0) is 12.1 Å². The summed E-state index contributed by atoms with van der Waals surface area (Å²) in [5, 5.41) is 0.699. The molecule has 1 aromatic carbocycles. The van der Waals surface area contributed by atoms with Crippen LogP contribution < -0.4 is 0 Å². The van der Waals surface area contributed by atoms with Crippen LogP contribution in [-0.2, 0) is 10.2 Å². The van der Waals surface area contributed by atoms with Gasteiger partial charge in [0.05, 0.1) is 0 Å². The van der Waals surface area contributed by atoms with Crippen molar-refractivity contribution < 1.29 is 12.3 Å². The molecule has 0 saturated heterocycles. The van der Waals surface area contributed by atoms with Gasteiger partial charge in [-0.2, -0.15) is 8.42 Å². The Morgan fingerprint density at radius 1 is 1.33 bits per heavy atom. The number of rotatable bonds is 2. The molecule has 80 valence electrons. The maximum atomic E-state index is 12.8. The van der Waals surface area contributed by atoms with Crippen LogP contribution in [0.5, 0.6) is 0 Å². The van der Waals surface area contributed by atoms with Crippen molar-refractivity contribution in [3.63, 3.8) is 0 Å². The summed E-state index contributed by atoms with van der Waals surface area (Å²) in [6, 6.07) is 5.76. The molecule has 1 aromatic rings. The highest BCUT2D eigenvalue weighted by Crippen LogP contribution is 2.16. The van der Waals surface area contributed by atoms with Crippen LogP contribution >= 0.6 is 15.9 Å². The van der Waals surface area contributed by atoms with Gasteiger partial charge < -0.3 is 0 Å². The molecule has 2 nitrogen and oxygen atoms in total. The monoisotopic (exact) mass is 290 g/mol. The molecule has 0 fully saturated rings. The zero-order chi connectivity index (χ0) is 11.3. The van der Waals surface area contributed by atoms with Crippen molar-refractivity contribution in [1.82, 2.24) is 0 Å². The van der Waals surface area contributed by atoms with Gasteiger partial charge in [0.25, 0.3) is 0 Å². The van der Waals surface area contributed by atoms with Crippen LogP contribution in [0.3, 0.4) is 0 Å². The lowest BCUT2D eigenvalue weighted by Gasteiger charge is -1.97. The first kappa shape index (κ1) is 12.2. The van der Waals surface area contributed by atoms with Gasteiger partial charge in [-0.3, -0.25) is 0 Å². The van der Waals surface area contributed by atoms with Gasteiger partial charge >= 0.3 is 10.2 Å². The largest absolute Gasteiger partial charge is 0.333 e. The number of alkyl halides is 1. The SMILES string of the molecule is O=S(=O)(F)c1ccccc1C#CCCBr. The molecule has 5 heteroatoms. The summed E-state index contributed by atoms with van der Waals surface area (Å²) < 4.78 is 34.3. The molecule has 0 radical (unpaired) electrons. The summed E-state index contributed by atoms with van der Waals surface area (Å²) >= 11 is 3.19. The molecule has 0 amide bonds. The minimum Gasteiger partial charge on any atom is -0.189 e. The first-order valence-electron chi connectivity index (χ1n) is 4.14. The van der Waals surface area contributed by atoms with Gasteiger partial charge in [0.1, 0.15) is 4.90 Å². The fourth-order valence-corrected chi connectivity index (χ4v) is 1.81. The third-order valence-electron chi connectivity index (χ3n) is 1.59. The van der Waals surface area contributed by atoms with E-state index in [1.54, 1.807) is 6.07 Å². The lowest BCUT2D eigenvalue weighted by Crippen LogP contribution is -1.95. The zero-order valence-corrected chi connectivity index (χ0v) is 10.1. The van der Waals surface area contributed by atoms with E-state index in [4.69, 9.17) is 0 Å². The van der Waals surface area contributed by atoms with Crippen LogP contribution in [-0.4, -0.2) is 13.7 Å². The molecule has 1 rings (SSSR count). The summed E-state index contributed by atoms with van der Waals surface area (Å²) in [5.41, 5.74) is 0.195. The summed E-state index contributed by atoms with van der Waals surface area (Å²) in [5.74, 6) is 5.36. The number of hydrogen-bond acceptors (Lipinski definition) is 2. The second-order valence-corrected chi connectivity index (χ2v) is 4.78. The van der Waals surface area contributed by atoms with E-state index in [0.29, 0.717) is 11.8 Å². The molecule has 0 aliphatic heterocycles. The van der Waals surface area contributed by atoms with E-state index in [9.17, 15) is 12.3 Å². The quantitative estimate of drug-likeness (QED) is 0.476. The van der Waals surface area contributed by atoms with E-state index in [1.807, 2.05) is 0 Å². The highest BCUT2D eigenvalue weighted by molar-refractivity contribution is 9.09. The van der Waals surface area contributed by atoms with Crippen LogP contribution in [0, 0.1) is 11.8 Å². The molecule has 15 heavy (non-hydrogen) atoms. The maximum Gasteiger partial charge on any atom is 0.333 e. The standard InChI is InChI=1S/C10H8BrFO2S/c11-8-4-3-6-9-5-1-2-7-10(9)15(12,13)14/h1-2,5,7H,4,8H2. The Hall–Kier alpha value is -0.860. The maximum absolute atomic E-state index is 12.8. The Kier molecular flexibility index (Phi) is 4.30. The van der Waals surface area contributed by atoms with E-state index in [1.165, 1.54) is 18.2 Å². The fourth-order valence-electron chi connectivity index (χ4n) is 0.987.